The lowest BCUT2D eigenvalue weighted by molar-refractivity contribution is -0.146. The minimum Gasteiger partial charge on any atom is -0.467 e. The third-order valence-corrected chi connectivity index (χ3v) is 7.22. The lowest BCUT2D eigenvalue weighted by Gasteiger charge is -2.17. The van der Waals surface area contributed by atoms with Crippen molar-refractivity contribution in [1.29, 1.82) is 0 Å². The Balaban J connectivity index is 3.50. The lowest BCUT2D eigenvalue weighted by atomic mass is 10.0. The van der Waals surface area contributed by atoms with Crippen molar-refractivity contribution in [3.63, 3.8) is 0 Å². The zero-order valence-electron chi connectivity index (χ0n) is 22.8. The number of hydrogen-bond donors (Lipinski definition) is 3. The van der Waals surface area contributed by atoms with Crippen molar-refractivity contribution in [3.05, 3.63) is 0 Å². The Morgan fingerprint density at radius 2 is 1.39 bits per heavy atom. The molecule has 0 aromatic rings. The molecule has 0 aromatic heterocycles. The van der Waals surface area contributed by atoms with Crippen LogP contribution in [0.3, 0.4) is 0 Å². The fourth-order valence-electron chi connectivity index (χ4n) is 3.76. The second kappa shape index (κ2) is 25.3. The van der Waals surface area contributed by atoms with Gasteiger partial charge in [-0.25, -0.2) is 4.79 Å². The SMILES string of the molecule is CCCCCCCCCCCCCCCCOC(=O)CCCSC[C@H](N)C(=O)N[C@@H](CO)C(=O)OC. The van der Waals surface area contributed by atoms with Gasteiger partial charge < -0.3 is 25.6 Å². The number of amides is 1. The van der Waals surface area contributed by atoms with Gasteiger partial charge >= 0.3 is 11.9 Å². The number of ether oxygens (including phenoxy) is 2. The number of unbranched alkanes of at least 4 members (excludes halogenated alkanes) is 13. The van der Waals surface area contributed by atoms with E-state index in [1.807, 2.05) is 0 Å². The summed E-state index contributed by atoms with van der Waals surface area (Å²) in [6.07, 6.45) is 19.2. The smallest absolute Gasteiger partial charge is 0.330 e. The van der Waals surface area contributed by atoms with Crippen molar-refractivity contribution in [1.82, 2.24) is 5.32 Å². The molecule has 9 heteroatoms. The number of thioether (sulfide) groups is 1. The van der Waals surface area contributed by atoms with Crippen molar-refractivity contribution in [2.75, 3.05) is 31.8 Å². The Morgan fingerprint density at radius 3 is 1.89 bits per heavy atom. The summed E-state index contributed by atoms with van der Waals surface area (Å²) in [5, 5.41) is 11.5. The molecule has 2 atom stereocenters. The highest BCUT2D eigenvalue weighted by Gasteiger charge is 2.23. The van der Waals surface area contributed by atoms with Crippen LogP contribution < -0.4 is 11.1 Å². The van der Waals surface area contributed by atoms with Crippen molar-refractivity contribution < 1.29 is 29.0 Å². The summed E-state index contributed by atoms with van der Waals surface area (Å²) in [7, 11) is 1.18. The van der Waals surface area contributed by atoms with Crippen LogP contribution in [0.1, 0.15) is 110 Å². The van der Waals surface area contributed by atoms with Gasteiger partial charge in [0, 0.05) is 12.2 Å². The number of aliphatic hydroxyl groups excluding tert-OH is 1. The van der Waals surface area contributed by atoms with E-state index >= 15 is 0 Å². The first-order valence-electron chi connectivity index (χ1n) is 13.9. The molecule has 36 heavy (non-hydrogen) atoms. The molecule has 0 unspecified atom stereocenters. The Bertz CT molecular complexity index is 564. The van der Waals surface area contributed by atoms with Gasteiger partial charge in [-0.2, -0.15) is 11.8 Å². The van der Waals surface area contributed by atoms with Crippen LogP contribution in [0.2, 0.25) is 0 Å². The van der Waals surface area contributed by atoms with Gasteiger partial charge in [0.15, 0.2) is 6.04 Å². The summed E-state index contributed by atoms with van der Waals surface area (Å²) in [5.74, 6) is -0.414. The van der Waals surface area contributed by atoms with Crippen molar-refractivity contribution in [2.45, 2.75) is 122 Å². The maximum Gasteiger partial charge on any atom is 0.330 e. The average molecular weight is 533 g/mol. The minimum atomic E-state index is -1.12. The average Bonchev–Trinajstić information content (AvgIpc) is 2.88. The van der Waals surface area contributed by atoms with Gasteiger partial charge in [0.2, 0.25) is 5.91 Å². The van der Waals surface area contributed by atoms with E-state index in [0.717, 1.165) is 12.8 Å². The summed E-state index contributed by atoms with van der Waals surface area (Å²) in [6.45, 7) is 2.19. The van der Waals surface area contributed by atoms with Crippen LogP contribution in [0.25, 0.3) is 0 Å². The number of esters is 2. The molecule has 8 nitrogen and oxygen atoms in total. The molecule has 0 rings (SSSR count). The topological polar surface area (TPSA) is 128 Å². The minimum absolute atomic E-state index is 0.184. The first-order valence-corrected chi connectivity index (χ1v) is 15.1. The monoisotopic (exact) mass is 532 g/mol. The van der Waals surface area contributed by atoms with E-state index in [9.17, 15) is 14.4 Å². The van der Waals surface area contributed by atoms with Crippen molar-refractivity contribution in [2.24, 2.45) is 5.73 Å². The van der Waals surface area contributed by atoms with Gasteiger partial charge in [-0.05, 0) is 18.6 Å². The number of rotatable bonds is 25. The number of aliphatic hydroxyl groups is 1. The number of carbonyl (C=O) groups excluding carboxylic acids is 3. The van der Waals surface area contributed by atoms with E-state index in [2.05, 4.69) is 17.0 Å². The fourth-order valence-corrected chi connectivity index (χ4v) is 4.68. The van der Waals surface area contributed by atoms with E-state index in [1.54, 1.807) is 0 Å². The Morgan fingerprint density at radius 1 is 0.861 bits per heavy atom. The van der Waals surface area contributed by atoms with Gasteiger partial charge in [-0.1, -0.05) is 90.4 Å². The van der Waals surface area contributed by atoms with Crippen LogP contribution in [0.15, 0.2) is 0 Å². The van der Waals surface area contributed by atoms with Gasteiger partial charge in [0.25, 0.3) is 0 Å². The second-order valence-electron chi connectivity index (χ2n) is 9.37. The maximum atomic E-state index is 12.0. The molecular formula is C27H52N2O6S. The van der Waals surface area contributed by atoms with Gasteiger partial charge in [0.1, 0.15) is 0 Å². The second-order valence-corrected chi connectivity index (χ2v) is 10.5. The number of nitrogens with two attached hydrogens (primary N) is 1. The molecule has 0 aliphatic rings. The number of hydrogen-bond acceptors (Lipinski definition) is 8. The van der Waals surface area contributed by atoms with Crippen LogP contribution in [0.5, 0.6) is 0 Å². The summed E-state index contributed by atoms with van der Waals surface area (Å²) in [5.41, 5.74) is 5.82. The Labute approximate surface area is 223 Å². The third kappa shape index (κ3) is 20.8. The molecule has 0 heterocycles. The Kier molecular flexibility index (Phi) is 24.4. The van der Waals surface area contributed by atoms with Crippen LogP contribution in [-0.2, 0) is 23.9 Å². The number of carbonyl (C=O) groups is 3. The highest BCUT2D eigenvalue weighted by molar-refractivity contribution is 7.99. The van der Waals surface area contributed by atoms with E-state index in [4.69, 9.17) is 15.6 Å². The van der Waals surface area contributed by atoms with Gasteiger partial charge in [-0.3, -0.25) is 9.59 Å². The summed E-state index contributed by atoms with van der Waals surface area (Å²) in [4.78, 5) is 35.2. The molecule has 4 N–H and O–H groups in total. The summed E-state index contributed by atoms with van der Waals surface area (Å²) < 4.78 is 9.80. The van der Waals surface area contributed by atoms with Crippen LogP contribution in [0.4, 0.5) is 0 Å². The lowest BCUT2D eigenvalue weighted by Crippen LogP contribution is -2.51. The number of nitrogens with one attached hydrogen (secondary N) is 1. The summed E-state index contributed by atoms with van der Waals surface area (Å²) in [6, 6.07) is -1.94. The maximum absolute atomic E-state index is 12.0. The van der Waals surface area contributed by atoms with Crippen LogP contribution >= 0.6 is 11.8 Å². The zero-order chi connectivity index (χ0) is 26.9. The van der Waals surface area contributed by atoms with Crippen LogP contribution in [-0.4, -0.2) is 66.9 Å². The van der Waals surface area contributed by atoms with E-state index < -0.39 is 30.6 Å². The summed E-state index contributed by atoms with van der Waals surface area (Å²) >= 11 is 1.46. The van der Waals surface area contributed by atoms with E-state index in [1.165, 1.54) is 95.9 Å². The predicted octanol–water partition coefficient (Wildman–Crippen LogP) is 4.50. The molecule has 0 aromatic carbocycles. The third-order valence-electron chi connectivity index (χ3n) is 6.05. The molecule has 212 valence electrons. The van der Waals surface area contributed by atoms with Crippen molar-refractivity contribution >= 4 is 29.6 Å². The van der Waals surface area contributed by atoms with E-state index in [-0.39, 0.29) is 5.97 Å². The molecule has 0 spiro atoms. The quantitative estimate of drug-likeness (QED) is 0.116. The number of methoxy groups -OCH3 is 1. The standard InChI is InChI=1S/C27H52N2O6S/c1-3-4-5-6-7-8-9-10-11-12-13-14-15-16-19-35-25(31)18-17-20-36-22-23(28)26(32)29-24(21-30)27(33)34-2/h23-24,30H,3-22,28H2,1-2H3,(H,29,32)/t23-,24-/m0/s1. The highest BCUT2D eigenvalue weighted by Crippen LogP contribution is 2.13. The molecule has 1 amide bonds. The first-order chi connectivity index (χ1) is 17.5. The Hall–Kier alpha value is -1.32. The first kappa shape index (κ1) is 34.7. The highest BCUT2D eigenvalue weighted by atomic mass is 32.2. The van der Waals surface area contributed by atoms with Gasteiger partial charge in [0.05, 0.1) is 26.4 Å². The molecule has 0 aliphatic heterocycles. The molecule has 0 bridgehead atoms. The molecule has 0 fully saturated rings. The van der Waals surface area contributed by atoms with Crippen molar-refractivity contribution in [3.8, 4) is 0 Å². The van der Waals surface area contributed by atoms with E-state index in [0.29, 0.717) is 31.0 Å². The fraction of sp³-hybridized carbons (Fsp3) is 0.889. The molecule has 0 saturated heterocycles. The van der Waals surface area contributed by atoms with Crippen LogP contribution in [0, 0.1) is 0 Å². The molecule has 0 radical (unpaired) electrons. The van der Waals surface area contributed by atoms with Gasteiger partial charge in [-0.15, -0.1) is 0 Å². The normalized spacial score (nSPS) is 12.7. The largest absolute Gasteiger partial charge is 0.467 e. The predicted molar refractivity (Wildman–Crippen MR) is 147 cm³/mol. The zero-order valence-corrected chi connectivity index (χ0v) is 23.6. The molecule has 0 saturated carbocycles. The molecular weight excluding hydrogens is 480 g/mol. The molecule has 0 aliphatic carbocycles.